The van der Waals surface area contributed by atoms with Gasteiger partial charge in [0.2, 0.25) is 0 Å². The van der Waals surface area contributed by atoms with Gasteiger partial charge in [0, 0.05) is 14.2 Å². The third-order valence-corrected chi connectivity index (χ3v) is 5.98. The monoisotopic (exact) mass is 368 g/mol. The molecule has 1 aliphatic rings. The first-order chi connectivity index (χ1) is 11.7. The Kier molecular flexibility index (Phi) is 6.46. The van der Waals surface area contributed by atoms with Crippen LogP contribution in [-0.2, 0) is 23.1 Å². The normalized spacial score (nSPS) is 29.5. The second-order valence-corrected chi connectivity index (χ2v) is 8.28. The molecule has 1 N–H and O–H groups in total. The zero-order valence-electron chi connectivity index (χ0n) is 14.5. The Balaban J connectivity index is 2.13. The average molecular weight is 368 g/mol. The molecule has 1 aromatic carbocycles. The average Bonchev–Trinajstić information content (AvgIpc) is 2.83. The molecular weight excluding hydrogens is 346 g/mol. The fraction of sp³-hybridized carbons (Fsp3) is 0.562. The molecule has 136 valence electrons. The smallest absolute Gasteiger partial charge is 0.355 e. The van der Waals surface area contributed by atoms with Gasteiger partial charge >= 0.3 is 13.6 Å². The fourth-order valence-electron chi connectivity index (χ4n) is 2.68. The van der Waals surface area contributed by atoms with Crippen LogP contribution in [0.5, 0.6) is 0 Å². The molecule has 0 heterocycles. The second kappa shape index (κ2) is 8.02. The van der Waals surface area contributed by atoms with E-state index in [1.165, 1.54) is 21.1 Å². The summed E-state index contributed by atoms with van der Waals surface area (Å²) in [6, 6.07) is 8.39. The topological polar surface area (TPSA) is 91.3 Å². The number of hydrogen-bond acceptors (Lipinski definition) is 7. The van der Waals surface area contributed by atoms with Gasteiger partial charge in [0.05, 0.1) is 25.1 Å². The first kappa shape index (κ1) is 20.1. The molecule has 2 rings (SSSR count). The molecule has 0 amide bonds. The van der Waals surface area contributed by atoms with E-state index in [1.807, 2.05) is 0 Å². The van der Waals surface area contributed by atoms with E-state index in [0.29, 0.717) is 5.56 Å². The number of carbonyl (C=O) groups is 1. The van der Waals surface area contributed by atoms with Gasteiger partial charge in [0.15, 0.2) is 6.10 Å². The summed E-state index contributed by atoms with van der Waals surface area (Å²) in [5.74, 6) is -1.27. The van der Waals surface area contributed by atoms with Crippen LogP contribution in [0.4, 0.5) is 0 Å². The fourth-order valence-corrected chi connectivity index (χ4v) is 3.41. The van der Waals surface area contributed by atoms with Gasteiger partial charge in [0.25, 0.3) is 0 Å². The molecule has 0 aliphatic heterocycles. The summed E-state index contributed by atoms with van der Waals surface area (Å²) in [4.78, 5) is 12.3. The van der Waals surface area contributed by atoms with E-state index in [4.69, 9.17) is 26.4 Å². The van der Waals surface area contributed by atoms with Crippen molar-refractivity contribution in [1.29, 1.82) is 0 Å². The van der Waals surface area contributed by atoms with Crippen molar-refractivity contribution in [3.63, 3.8) is 0 Å². The van der Waals surface area contributed by atoms with Crippen molar-refractivity contribution in [2.75, 3.05) is 20.6 Å². The summed E-state index contributed by atoms with van der Waals surface area (Å²) < 4.78 is 32.8. The molecule has 2 radical (unpaired) electrons. The van der Waals surface area contributed by atoms with Gasteiger partial charge in [-0.05, 0) is 31.3 Å². The Bertz CT molecular complexity index is 629. The van der Waals surface area contributed by atoms with Crippen LogP contribution in [0.3, 0.4) is 0 Å². The number of rotatable bonds is 7. The largest absolute Gasteiger partial charge is 0.453 e. The lowest BCUT2D eigenvalue weighted by molar-refractivity contribution is -0.0993. The van der Waals surface area contributed by atoms with Crippen LogP contribution >= 0.6 is 7.60 Å². The molecule has 0 aromatic heterocycles. The lowest BCUT2D eigenvalue weighted by Crippen LogP contribution is -2.45. The van der Waals surface area contributed by atoms with Crippen LogP contribution < -0.4 is 0 Å². The quantitative estimate of drug-likeness (QED) is 0.448. The van der Waals surface area contributed by atoms with E-state index in [-0.39, 0.29) is 12.8 Å². The molecule has 7 nitrogen and oxygen atoms in total. The van der Waals surface area contributed by atoms with E-state index >= 15 is 0 Å². The molecule has 1 aromatic rings. The van der Waals surface area contributed by atoms with Gasteiger partial charge in [-0.3, -0.25) is 4.57 Å². The number of esters is 1. The molecule has 0 saturated heterocycles. The highest BCUT2D eigenvalue weighted by atomic mass is 31.2. The number of carbonyl (C=O) groups excluding carboxylic acids is 1. The summed E-state index contributed by atoms with van der Waals surface area (Å²) in [6.45, 7) is 1.48. The predicted octanol–water partition coefficient (Wildman–Crippen LogP) is 2.15. The highest BCUT2D eigenvalue weighted by Gasteiger charge is 2.52. The van der Waals surface area contributed by atoms with Gasteiger partial charge in [0.1, 0.15) is 6.35 Å². The summed E-state index contributed by atoms with van der Waals surface area (Å²) in [7, 11) is 5.05. The van der Waals surface area contributed by atoms with E-state index in [9.17, 15) is 14.5 Å². The number of hydrogen-bond donors (Lipinski definition) is 1. The maximum atomic E-state index is 12.3. The first-order valence-electron chi connectivity index (χ1n) is 7.79. The molecule has 1 aliphatic carbocycles. The van der Waals surface area contributed by atoms with Crippen molar-refractivity contribution in [3.8, 4) is 0 Å². The van der Waals surface area contributed by atoms with Crippen LogP contribution in [0.15, 0.2) is 30.3 Å². The van der Waals surface area contributed by atoms with Crippen LogP contribution in [-0.4, -0.2) is 57.3 Å². The Labute approximate surface area is 148 Å². The van der Waals surface area contributed by atoms with Crippen molar-refractivity contribution < 1.29 is 33.0 Å². The van der Waals surface area contributed by atoms with E-state index in [1.54, 1.807) is 30.3 Å². The minimum Gasteiger partial charge on any atom is -0.453 e. The third kappa shape index (κ3) is 4.51. The standard InChI is InChI=1S/C16H22BO7P/c1-16(19)13(17)9-12(23-10-25(20,21-2)22-3)14(16)24-15(18)11-7-5-4-6-8-11/h4-8,12-14,19H,9-10H2,1-3H3. The lowest BCUT2D eigenvalue weighted by atomic mass is 9.76. The van der Waals surface area contributed by atoms with Crippen LogP contribution in [0, 0.1) is 0 Å². The molecule has 0 spiro atoms. The Morgan fingerprint density at radius 2 is 1.92 bits per heavy atom. The minimum atomic E-state index is -3.40. The van der Waals surface area contributed by atoms with Gasteiger partial charge < -0.3 is 23.6 Å². The maximum Gasteiger partial charge on any atom is 0.355 e. The minimum absolute atomic E-state index is 0.229. The van der Waals surface area contributed by atoms with Crippen LogP contribution in [0.1, 0.15) is 23.7 Å². The Morgan fingerprint density at radius 3 is 2.48 bits per heavy atom. The second-order valence-electron chi connectivity index (χ2n) is 6.07. The van der Waals surface area contributed by atoms with E-state index in [0.717, 1.165) is 0 Å². The van der Waals surface area contributed by atoms with Crippen molar-refractivity contribution in [3.05, 3.63) is 35.9 Å². The molecule has 1 saturated carbocycles. The third-order valence-electron chi connectivity index (χ3n) is 4.40. The SMILES string of the molecule is [B]C1CC(OCP(=O)(OC)OC)C(OC(=O)c2ccccc2)C1(C)O. The number of ether oxygens (including phenoxy) is 2. The van der Waals surface area contributed by atoms with Gasteiger partial charge in [-0.15, -0.1) is 0 Å². The molecule has 25 heavy (non-hydrogen) atoms. The van der Waals surface area contributed by atoms with Crippen LogP contribution in [0.2, 0.25) is 5.82 Å². The summed E-state index contributed by atoms with van der Waals surface area (Å²) in [5, 5.41) is 10.6. The van der Waals surface area contributed by atoms with Crippen LogP contribution in [0.25, 0.3) is 0 Å². The Morgan fingerprint density at radius 1 is 1.32 bits per heavy atom. The number of benzene rings is 1. The van der Waals surface area contributed by atoms with Crippen molar-refractivity contribution in [2.45, 2.75) is 37.0 Å². The maximum absolute atomic E-state index is 12.3. The Hall–Kier alpha value is -1.18. The number of aliphatic hydroxyl groups is 1. The molecule has 1 fully saturated rings. The molecule has 4 atom stereocenters. The summed E-state index contributed by atoms with van der Waals surface area (Å²) >= 11 is 0. The summed E-state index contributed by atoms with van der Waals surface area (Å²) in [6.07, 6.45) is -1.87. The molecule has 0 bridgehead atoms. The van der Waals surface area contributed by atoms with Crippen molar-refractivity contribution in [2.24, 2.45) is 0 Å². The molecule has 9 heteroatoms. The highest BCUT2D eigenvalue weighted by molar-refractivity contribution is 7.53. The predicted molar refractivity (Wildman–Crippen MR) is 91.8 cm³/mol. The molecular formula is C16H22BO7P. The lowest BCUT2D eigenvalue weighted by Gasteiger charge is -2.31. The van der Waals surface area contributed by atoms with Crippen molar-refractivity contribution >= 4 is 21.4 Å². The summed E-state index contributed by atoms with van der Waals surface area (Å²) in [5.41, 5.74) is -1.14. The first-order valence-corrected chi connectivity index (χ1v) is 9.52. The van der Waals surface area contributed by atoms with Gasteiger partial charge in [-0.25, -0.2) is 4.79 Å². The zero-order valence-corrected chi connectivity index (χ0v) is 15.3. The van der Waals surface area contributed by atoms with Gasteiger partial charge in [-0.1, -0.05) is 18.2 Å². The van der Waals surface area contributed by atoms with E-state index in [2.05, 4.69) is 0 Å². The van der Waals surface area contributed by atoms with Gasteiger partial charge in [-0.2, -0.15) is 0 Å². The molecule has 4 unspecified atom stereocenters. The highest BCUT2D eigenvalue weighted by Crippen LogP contribution is 2.49. The van der Waals surface area contributed by atoms with Crippen molar-refractivity contribution in [1.82, 2.24) is 0 Å². The zero-order chi connectivity index (χ0) is 18.7. The van der Waals surface area contributed by atoms with E-state index < -0.39 is 37.2 Å².